The van der Waals surface area contributed by atoms with Gasteiger partial charge in [0.15, 0.2) is 12.2 Å². The van der Waals surface area contributed by atoms with E-state index in [1.54, 1.807) is 39.0 Å². The highest BCUT2D eigenvalue weighted by atomic mass is 16.6. The Balaban J connectivity index is 1.20. The fourth-order valence-corrected chi connectivity index (χ4v) is 10.1. The summed E-state index contributed by atoms with van der Waals surface area (Å²) in [6.45, 7) is 4.05. The highest BCUT2D eigenvalue weighted by molar-refractivity contribution is 5.90. The molecule has 3 N–H and O–H groups in total. The molecule has 3 aliphatic heterocycles. The van der Waals surface area contributed by atoms with Crippen LogP contribution in [-0.4, -0.2) is 65.6 Å². The third kappa shape index (κ3) is 9.73. The summed E-state index contributed by atoms with van der Waals surface area (Å²) in [6.07, 6.45) is 2.06. The van der Waals surface area contributed by atoms with Crippen molar-refractivity contribution in [3.63, 3.8) is 0 Å². The topological polar surface area (TPSA) is 162 Å². The minimum atomic E-state index is -1.26. The number of fused-ring (bicyclic) bond motifs is 11. The van der Waals surface area contributed by atoms with Gasteiger partial charge < -0.3 is 38.7 Å². The molecule has 336 valence electrons. The molecule has 4 aliphatic rings. The Morgan fingerprint density at radius 2 is 1.62 bits per heavy atom. The molecule has 0 unspecified atom stereocenters. The van der Waals surface area contributed by atoms with Crippen LogP contribution in [-0.2, 0) is 36.6 Å². The second-order valence-corrected chi connectivity index (χ2v) is 18.2. The predicted octanol–water partition coefficient (Wildman–Crippen LogP) is 8.50. The van der Waals surface area contributed by atoms with Gasteiger partial charge in [-0.3, -0.25) is 4.79 Å². The van der Waals surface area contributed by atoms with Crippen molar-refractivity contribution in [3.8, 4) is 5.75 Å². The minimum absolute atomic E-state index is 0.0247. The van der Waals surface area contributed by atoms with Gasteiger partial charge in [0, 0.05) is 35.5 Å². The molecule has 4 aromatic carbocycles. The van der Waals surface area contributed by atoms with E-state index in [1.807, 2.05) is 6.07 Å². The minimum Gasteiger partial charge on any atom is -0.483 e. The average Bonchev–Trinajstić information content (AvgIpc) is 3.29. The third-order valence-electron chi connectivity index (χ3n) is 13.5. The summed E-state index contributed by atoms with van der Waals surface area (Å²) in [5, 5.41) is 29.9. The number of esters is 2. The highest BCUT2D eigenvalue weighted by Gasteiger charge is 2.51. The van der Waals surface area contributed by atoms with E-state index >= 15 is 0 Å². The van der Waals surface area contributed by atoms with E-state index in [9.17, 15) is 29.7 Å². The fraction of sp³-hybridized carbons (Fsp3) is 0.415. The van der Waals surface area contributed by atoms with Crippen LogP contribution in [0.4, 0.5) is 0 Å². The van der Waals surface area contributed by atoms with Gasteiger partial charge in [0.1, 0.15) is 23.7 Å². The van der Waals surface area contributed by atoms with Gasteiger partial charge in [0.25, 0.3) is 0 Å². The summed E-state index contributed by atoms with van der Waals surface area (Å²) in [4.78, 5) is 43.0. The zero-order chi connectivity index (χ0) is 45.0. The second-order valence-electron chi connectivity index (χ2n) is 18.2. The van der Waals surface area contributed by atoms with Crippen LogP contribution in [0.15, 0.2) is 117 Å². The molecule has 1 fully saturated rings. The van der Waals surface area contributed by atoms with Crippen molar-refractivity contribution in [2.45, 2.75) is 108 Å². The summed E-state index contributed by atoms with van der Waals surface area (Å²) < 4.78 is 30.9. The monoisotopic (exact) mass is 870 g/mol. The molecule has 0 radical (unpaired) electrons. The quantitative estimate of drug-likeness (QED) is 0.0534. The molecule has 1 aromatic heterocycles. The number of carbonyl (C=O) groups excluding carboxylic acids is 2. The number of carbonyl (C=O) groups is 2. The van der Waals surface area contributed by atoms with Crippen LogP contribution in [0.25, 0.3) is 11.0 Å². The standard InChI is InChI=1S/C53H58O11/c1-32(29-55)42-19-14-33-12-15-36(16-13-33)43-20-17-38(37-11-7-10-35(25-37)24-34-8-5-4-6-9-34)26-41(43)28-46(57)61-49-47-45(64-53(2,3)50(49)63-51(42)58)21-18-39-27-44(52(59)62-48(39)47)40(22-23-54)30-60-31-56/h4-13,15-16,18,21,25,27,38,40-41,43,49-50,54-56H,14,17,19-20,22-24,26,28-31H2,1-3H3/b42-32-/t38-,40-,41+,43-,49-,50+/m1/s1. The van der Waals surface area contributed by atoms with Crippen molar-refractivity contribution < 1.29 is 48.3 Å². The van der Waals surface area contributed by atoms with Gasteiger partial charge in [-0.25, -0.2) is 9.59 Å². The lowest BCUT2D eigenvalue weighted by Crippen LogP contribution is -2.52. The first kappa shape index (κ1) is 45.0. The van der Waals surface area contributed by atoms with E-state index < -0.39 is 48.1 Å². The number of aliphatic hydroxyl groups is 3. The first-order chi connectivity index (χ1) is 31.0. The largest absolute Gasteiger partial charge is 0.483 e. The number of hydrogen-bond donors (Lipinski definition) is 3. The molecule has 64 heavy (non-hydrogen) atoms. The normalized spacial score (nSPS) is 23.5. The van der Waals surface area contributed by atoms with Gasteiger partial charge >= 0.3 is 17.6 Å². The lowest BCUT2D eigenvalue weighted by atomic mass is 9.68. The second kappa shape index (κ2) is 19.7. The van der Waals surface area contributed by atoms with Crippen LogP contribution < -0.4 is 10.4 Å². The van der Waals surface area contributed by atoms with Gasteiger partial charge in [-0.2, -0.15) is 0 Å². The number of ether oxygens (including phenoxy) is 4. The van der Waals surface area contributed by atoms with E-state index in [0.29, 0.717) is 35.1 Å². The summed E-state index contributed by atoms with van der Waals surface area (Å²) in [5.74, 6) is -1.23. The molecule has 2 bridgehead atoms. The molecule has 1 saturated carbocycles. The van der Waals surface area contributed by atoms with E-state index in [0.717, 1.165) is 36.8 Å². The van der Waals surface area contributed by atoms with Crippen molar-refractivity contribution >= 4 is 22.9 Å². The number of aryl methyl sites for hydroxylation is 1. The van der Waals surface area contributed by atoms with Crippen molar-refractivity contribution in [1.82, 2.24) is 0 Å². The Hall–Kier alpha value is -5.59. The van der Waals surface area contributed by atoms with Crippen LogP contribution in [0, 0.1) is 5.92 Å². The summed E-state index contributed by atoms with van der Waals surface area (Å²) >= 11 is 0. The third-order valence-corrected chi connectivity index (χ3v) is 13.5. The van der Waals surface area contributed by atoms with E-state index in [-0.39, 0.29) is 67.1 Å². The van der Waals surface area contributed by atoms with Crippen LogP contribution >= 0.6 is 0 Å². The molecule has 0 saturated heterocycles. The Morgan fingerprint density at radius 1 is 0.844 bits per heavy atom. The SMILES string of the molecule is C/C(CO)=C1\CCc2ccc(cc2)[C@H]2CC[C@@H](c3cccc(Cc4ccccc4)c3)C[C@H]2CC(=O)O[C@@H]2c3c(ccc4cc([C@H](CCO)COCO)c(=O)oc34)OC(C)(C)[C@H]2OC1=O. The summed E-state index contributed by atoms with van der Waals surface area (Å²) in [5.41, 5.74) is 5.36. The van der Waals surface area contributed by atoms with Gasteiger partial charge in [-0.15, -0.1) is 0 Å². The van der Waals surface area contributed by atoms with E-state index in [2.05, 4.69) is 72.8 Å². The van der Waals surface area contributed by atoms with Crippen LogP contribution in [0.5, 0.6) is 5.75 Å². The number of hydrogen-bond acceptors (Lipinski definition) is 11. The maximum Gasteiger partial charge on any atom is 0.339 e. The molecular weight excluding hydrogens is 813 g/mol. The lowest BCUT2D eigenvalue weighted by molar-refractivity contribution is -0.188. The molecule has 0 amide bonds. The molecular formula is C53H58O11. The summed E-state index contributed by atoms with van der Waals surface area (Å²) in [6, 6.07) is 32.8. The molecule has 0 spiro atoms. The van der Waals surface area contributed by atoms with Crippen LogP contribution in [0.3, 0.4) is 0 Å². The highest BCUT2D eigenvalue weighted by Crippen LogP contribution is 2.49. The lowest BCUT2D eigenvalue weighted by Gasteiger charge is -2.43. The first-order valence-corrected chi connectivity index (χ1v) is 22.5. The molecule has 11 heteroatoms. The Morgan fingerprint density at radius 3 is 2.38 bits per heavy atom. The zero-order valence-electron chi connectivity index (χ0n) is 36.8. The van der Waals surface area contributed by atoms with E-state index in [1.165, 1.54) is 16.7 Å². The predicted molar refractivity (Wildman–Crippen MR) is 241 cm³/mol. The molecule has 6 atom stereocenters. The first-order valence-electron chi connectivity index (χ1n) is 22.5. The van der Waals surface area contributed by atoms with Crippen molar-refractivity contribution in [2.24, 2.45) is 5.92 Å². The van der Waals surface area contributed by atoms with Crippen LogP contribution in [0.2, 0.25) is 0 Å². The van der Waals surface area contributed by atoms with Crippen LogP contribution in [0.1, 0.15) is 122 Å². The summed E-state index contributed by atoms with van der Waals surface area (Å²) in [7, 11) is 0. The van der Waals surface area contributed by atoms with Gasteiger partial charge in [0.05, 0.1) is 18.8 Å². The Bertz CT molecular complexity index is 2540. The van der Waals surface area contributed by atoms with Gasteiger partial charge in [-0.1, -0.05) is 78.9 Å². The Kier molecular flexibility index (Phi) is 13.8. The van der Waals surface area contributed by atoms with E-state index in [4.69, 9.17) is 23.4 Å². The molecule has 1 aliphatic carbocycles. The van der Waals surface area contributed by atoms with Crippen molar-refractivity contribution in [3.05, 3.63) is 158 Å². The molecule has 4 heterocycles. The van der Waals surface area contributed by atoms with Crippen molar-refractivity contribution in [2.75, 3.05) is 26.6 Å². The smallest absolute Gasteiger partial charge is 0.339 e. The van der Waals surface area contributed by atoms with Gasteiger partial charge in [-0.05, 0) is 135 Å². The zero-order valence-corrected chi connectivity index (χ0v) is 36.8. The number of aliphatic hydroxyl groups excluding tert-OH is 3. The number of rotatable bonds is 10. The maximum atomic E-state index is 14.8. The maximum absolute atomic E-state index is 14.8. The average molecular weight is 871 g/mol. The molecule has 5 aromatic rings. The molecule has 9 rings (SSSR count). The molecule has 11 nitrogen and oxygen atoms in total. The fourth-order valence-electron chi connectivity index (χ4n) is 10.1. The number of benzene rings is 4. The Labute approximate surface area is 373 Å². The van der Waals surface area contributed by atoms with Crippen molar-refractivity contribution in [1.29, 1.82) is 0 Å². The van der Waals surface area contributed by atoms with Gasteiger partial charge in [0.2, 0.25) is 0 Å².